The first-order chi connectivity index (χ1) is 10.1. The molecule has 1 atom stereocenters. The Balaban J connectivity index is 1.86. The molecular weight excluding hydrogens is 273 g/mol. The molecule has 2 aromatic rings. The van der Waals surface area contributed by atoms with Gasteiger partial charge in [0.05, 0.1) is 6.10 Å². The summed E-state index contributed by atoms with van der Waals surface area (Å²) in [7, 11) is 0. The fourth-order valence-electron chi connectivity index (χ4n) is 1.77. The molecule has 1 heterocycles. The highest BCUT2D eigenvalue weighted by Gasteiger charge is 2.10. The van der Waals surface area contributed by atoms with Crippen molar-refractivity contribution in [1.29, 1.82) is 0 Å². The molecule has 0 aliphatic rings. The van der Waals surface area contributed by atoms with Crippen LogP contribution < -0.4 is 10.6 Å². The molecule has 0 fully saturated rings. The van der Waals surface area contributed by atoms with Gasteiger partial charge >= 0.3 is 6.03 Å². The summed E-state index contributed by atoms with van der Waals surface area (Å²) in [5, 5.41) is 15.1. The molecule has 21 heavy (non-hydrogen) atoms. The van der Waals surface area contributed by atoms with Crippen LogP contribution in [0.1, 0.15) is 17.2 Å². The fourth-order valence-corrected chi connectivity index (χ4v) is 1.77. The van der Waals surface area contributed by atoms with E-state index in [1.807, 2.05) is 6.92 Å². The number of halogens is 1. The average molecular weight is 289 g/mol. The number of hydrogen-bond acceptors (Lipinski definition) is 3. The first-order valence-corrected chi connectivity index (χ1v) is 6.45. The predicted molar refractivity (Wildman–Crippen MR) is 77.4 cm³/mol. The van der Waals surface area contributed by atoms with E-state index in [1.165, 1.54) is 24.3 Å². The van der Waals surface area contributed by atoms with Gasteiger partial charge in [0.25, 0.3) is 0 Å². The highest BCUT2D eigenvalue weighted by atomic mass is 19.1. The van der Waals surface area contributed by atoms with Gasteiger partial charge in [-0.25, -0.2) is 9.18 Å². The zero-order chi connectivity index (χ0) is 15.2. The molecule has 0 saturated carbocycles. The van der Waals surface area contributed by atoms with Gasteiger partial charge in [-0.2, -0.15) is 0 Å². The molecular formula is C15H16FN3O2. The average Bonchev–Trinajstić information content (AvgIpc) is 2.48. The van der Waals surface area contributed by atoms with Crippen molar-refractivity contribution in [2.75, 3.05) is 11.9 Å². The van der Waals surface area contributed by atoms with Crippen molar-refractivity contribution >= 4 is 11.7 Å². The lowest BCUT2D eigenvalue weighted by molar-refractivity contribution is 0.175. The maximum atomic E-state index is 12.8. The zero-order valence-electron chi connectivity index (χ0n) is 11.5. The first kappa shape index (κ1) is 14.9. The van der Waals surface area contributed by atoms with Gasteiger partial charge in [0.15, 0.2) is 0 Å². The lowest BCUT2D eigenvalue weighted by Crippen LogP contribution is -2.32. The molecule has 1 aromatic carbocycles. The van der Waals surface area contributed by atoms with Gasteiger partial charge in [-0.3, -0.25) is 4.98 Å². The van der Waals surface area contributed by atoms with Gasteiger partial charge in [-0.15, -0.1) is 0 Å². The van der Waals surface area contributed by atoms with E-state index in [9.17, 15) is 14.3 Å². The quantitative estimate of drug-likeness (QED) is 0.809. The van der Waals surface area contributed by atoms with Crippen LogP contribution in [0.5, 0.6) is 0 Å². The van der Waals surface area contributed by atoms with Gasteiger partial charge in [0.1, 0.15) is 5.82 Å². The molecule has 1 aromatic heterocycles. The Kier molecular flexibility index (Phi) is 4.84. The number of aliphatic hydroxyl groups is 1. The van der Waals surface area contributed by atoms with E-state index in [0.29, 0.717) is 11.3 Å². The molecule has 0 saturated heterocycles. The van der Waals surface area contributed by atoms with Crippen molar-refractivity contribution < 1.29 is 14.3 Å². The van der Waals surface area contributed by atoms with Crippen LogP contribution in [0.3, 0.4) is 0 Å². The second-order valence-corrected chi connectivity index (χ2v) is 4.59. The maximum absolute atomic E-state index is 12.8. The number of anilines is 1. The molecule has 0 spiro atoms. The van der Waals surface area contributed by atoms with Gasteiger partial charge in [-0.1, -0.05) is 12.1 Å². The molecule has 0 aliphatic heterocycles. The SMILES string of the molecule is Cc1cnccc1NC(=O)NC[C@@H](O)c1ccc(F)cc1. The lowest BCUT2D eigenvalue weighted by atomic mass is 10.1. The van der Waals surface area contributed by atoms with Crippen LogP contribution in [0, 0.1) is 12.7 Å². The van der Waals surface area contributed by atoms with E-state index in [1.54, 1.807) is 18.5 Å². The topological polar surface area (TPSA) is 74.2 Å². The number of carbonyl (C=O) groups is 1. The van der Waals surface area contributed by atoms with Crippen molar-refractivity contribution in [3.05, 3.63) is 59.7 Å². The Morgan fingerprint density at radius 3 is 2.71 bits per heavy atom. The molecule has 0 bridgehead atoms. The summed E-state index contributed by atoms with van der Waals surface area (Å²) >= 11 is 0. The summed E-state index contributed by atoms with van der Waals surface area (Å²) in [5.74, 6) is -0.371. The first-order valence-electron chi connectivity index (χ1n) is 6.45. The van der Waals surface area contributed by atoms with E-state index in [-0.39, 0.29) is 12.4 Å². The van der Waals surface area contributed by atoms with Gasteiger partial charge < -0.3 is 15.7 Å². The number of benzene rings is 1. The molecule has 3 N–H and O–H groups in total. The largest absolute Gasteiger partial charge is 0.387 e. The Morgan fingerprint density at radius 2 is 2.05 bits per heavy atom. The number of urea groups is 1. The van der Waals surface area contributed by atoms with Gasteiger partial charge in [0, 0.05) is 24.6 Å². The highest BCUT2D eigenvalue weighted by molar-refractivity contribution is 5.89. The van der Waals surface area contributed by atoms with Crippen molar-refractivity contribution in [3.63, 3.8) is 0 Å². The summed E-state index contributed by atoms with van der Waals surface area (Å²) < 4.78 is 12.8. The van der Waals surface area contributed by atoms with E-state index in [4.69, 9.17) is 0 Å². The molecule has 2 amide bonds. The molecule has 0 aliphatic carbocycles. The normalized spacial score (nSPS) is 11.8. The molecule has 0 unspecified atom stereocenters. The summed E-state index contributed by atoms with van der Waals surface area (Å²) in [6.07, 6.45) is 2.33. The highest BCUT2D eigenvalue weighted by Crippen LogP contribution is 2.13. The molecule has 5 nitrogen and oxygen atoms in total. The number of aromatic nitrogens is 1. The van der Waals surface area contributed by atoms with E-state index in [0.717, 1.165) is 5.56 Å². The molecule has 6 heteroatoms. The minimum atomic E-state index is -0.894. The second-order valence-electron chi connectivity index (χ2n) is 4.59. The van der Waals surface area contributed by atoms with Gasteiger partial charge in [0.2, 0.25) is 0 Å². The smallest absolute Gasteiger partial charge is 0.319 e. The molecule has 2 rings (SSSR count). The minimum absolute atomic E-state index is 0.0294. The van der Waals surface area contributed by atoms with Crippen molar-refractivity contribution in [2.45, 2.75) is 13.0 Å². The van der Waals surface area contributed by atoms with Crippen molar-refractivity contribution in [2.24, 2.45) is 0 Å². The van der Waals surface area contributed by atoms with Crippen LogP contribution in [0.4, 0.5) is 14.9 Å². The Morgan fingerprint density at radius 1 is 1.33 bits per heavy atom. The van der Waals surface area contributed by atoms with Crippen LogP contribution in [-0.4, -0.2) is 22.7 Å². The number of hydrogen-bond donors (Lipinski definition) is 3. The van der Waals surface area contributed by atoms with Crippen LogP contribution in [0.25, 0.3) is 0 Å². The predicted octanol–water partition coefficient (Wildman–Crippen LogP) is 2.38. The summed E-state index contributed by atoms with van der Waals surface area (Å²) in [4.78, 5) is 15.7. The van der Waals surface area contributed by atoms with Crippen molar-refractivity contribution in [1.82, 2.24) is 10.3 Å². The summed E-state index contributed by atoms with van der Waals surface area (Å²) in [6.45, 7) is 1.86. The number of aliphatic hydroxyl groups excluding tert-OH is 1. The monoisotopic (exact) mass is 289 g/mol. The Hall–Kier alpha value is -2.47. The number of nitrogens with one attached hydrogen (secondary N) is 2. The van der Waals surface area contributed by atoms with Crippen LogP contribution in [0.15, 0.2) is 42.7 Å². The van der Waals surface area contributed by atoms with Gasteiger partial charge in [-0.05, 0) is 36.2 Å². The number of rotatable bonds is 4. The third-order valence-corrected chi connectivity index (χ3v) is 2.98. The van der Waals surface area contributed by atoms with Crippen LogP contribution in [0.2, 0.25) is 0 Å². The number of amides is 2. The number of pyridine rings is 1. The van der Waals surface area contributed by atoms with E-state index < -0.39 is 12.1 Å². The van der Waals surface area contributed by atoms with Crippen LogP contribution in [-0.2, 0) is 0 Å². The molecule has 110 valence electrons. The number of carbonyl (C=O) groups excluding carboxylic acids is 1. The second kappa shape index (κ2) is 6.81. The lowest BCUT2D eigenvalue weighted by Gasteiger charge is -2.13. The van der Waals surface area contributed by atoms with Crippen molar-refractivity contribution in [3.8, 4) is 0 Å². The zero-order valence-corrected chi connectivity index (χ0v) is 11.5. The maximum Gasteiger partial charge on any atom is 0.319 e. The standard InChI is InChI=1S/C15H16FN3O2/c1-10-8-17-7-6-13(10)19-15(21)18-9-14(20)11-2-4-12(16)5-3-11/h2-8,14,20H,9H2,1H3,(H2,17,18,19,21)/t14-/m1/s1. The Bertz CT molecular complexity index is 617. The van der Waals surface area contributed by atoms with E-state index in [2.05, 4.69) is 15.6 Å². The third kappa shape index (κ3) is 4.25. The summed E-state index contributed by atoms with van der Waals surface area (Å²) in [5.41, 5.74) is 2.03. The summed E-state index contributed by atoms with van der Waals surface area (Å²) in [6, 6.07) is 6.74. The van der Waals surface area contributed by atoms with E-state index >= 15 is 0 Å². The Labute approximate surface area is 121 Å². The number of nitrogens with zero attached hydrogens (tertiary/aromatic N) is 1. The van der Waals surface area contributed by atoms with Crippen LogP contribution >= 0.6 is 0 Å². The minimum Gasteiger partial charge on any atom is -0.387 e. The fraction of sp³-hybridized carbons (Fsp3) is 0.200. The number of aryl methyl sites for hydroxylation is 1. The third-order valence-electron chi connectivity index (χ3n) is 2.98. The molecule has 0 radical (unpaired) electrons.